The number of hydrogen-bond donors (Lipinski definition) is 6. The van der Waals surface area contributed by atoms with Gasteiger partial charge in [0, 0.05) is 40.4 Å². The molecule has 15 heteroatoms. The van der Waals surface area contributed by atoms with Crippen LogP contribution in [-0.4, -0.2) is 98.2 Å². The Morgan fingerprint density at radius 3 is 2.42 bits per heavy atom. The van der Waals surface area contributed by atoms with Gasteiger partial charge in [-0.05, 0) is 74.1 Å². The lowest BCUT2D eigenvalue weighted by atomic mass is 9.54. The average Bonchev–Trinajstić information content (AvgIpc) is 3.58. The van der Waals surface area contributed by atoms with Crippen molar-refractivity contribution in [1.82, 2.24) is 9.80 Å². The molecule has 53 heavy (non-hydrogen) atoms. The summed E-state index contributed by atoms with van der Waals surface area (Å²) in [5, 5.41) is 57.6. The van der Waals surface area contributed by atoms with Crippen molar-refractivity contribution in [1.29, 1.82) is 0 Å². The number of Topliss-reactive ketones (excluding diaryl/α,β-unsaturated/α-hetero) is 2. The van der Waals surface area contributed by atoms with Crippen LogP contribution in [0.5, 0.6) is 5.75 Å². The number of thiophene rings is 1. The number of primary amides is 1. The van der Waals surface area contributed by atoms with Crippen molar-refractivity contribution in [2.45, 2.75) is 49.6 Å². The minimum absolute atomic E-state index is 0.170. The van der Waals surface area contributed by atoms with Crippen molar-refractivity contribution in [3.63, 3.8) is 0 Å². The van der Waals surface area contributed by atoms with Crippen molar-refractivity contribution >= 4 is 52.1 Å². The van der Waals surface area contributed by atoms with E-state index < -0.39 is 81.0 Å². The summed E-state index contributed by atoms with van der Waals surface area (Å²) < 4.78 is 5.01. The van der Waals surface area contributed by atoms with Gasteiger partial charge in [0.05, 0.1) is 24.3 Å². The maximum atomic E-state index is 13.7. The van der Waals surface area contributed by atoms with Crippen LogP contribution in [0.15, 0.2) is 70.8 Å². The number of aromatic hydroxyl groups is 1. The van der Waals surface area contributed by atoms with Gasteiger partial charge in [0.25, 0.3) is 5.91 Å². The third kappa shape index (κ3) is 6.03. The number of halogens is 1. The molecule has 7 N–H and O–H groups in total. The molecule has 13 nitrogen and oxygen atoms in total. The molecule has 3 aromatic rings. The van der Waals surface area contributed by atoms with E-state index in [-0.39, 0.29) is 23.5 Å². The Morgan fingerprint density at radius 2 is 1.77 bits per heavy atom. The van der Waals surface area contributed by atoms with Crippen LogP contribution in [-0.2, 0) is 42.5 Å². The minimum atomic E-state index is -2.75. The van der Waals surface area contributed by atoms with Crippen LogP contribution in [0.4, 0.5) is 0 Å². The molecule has 6 atom stereocenters. The molecule has 280 valence electrons. The van der Waals surface area contributed by atoms with Gasteiger partial charge >= 0.3 is 5.97 Å². The molecule has 2 aromatic carbocycles. The number of nitrogens with two attached hydrogens (primary N) is 1. The third-order valence-electron chi connectivity index (χ3n) is 10.8. The molecular formula is C38H40ClN3O10S. The molecule has 1 aromatic heterocycles. The van der Waals surface area contributed by atoms with E-state index in [1.54, 1.807) is 11.3 Å². The van der Waals surface area contributed by atoms with Gasteiger partial charge < -0.3 is 36.0 Å². The summed E-state index contributed by atoms with van der Waals surface area (Å²) in [7, 11) is 4.43. The molecule has 1 saturated carbocycles. The fourth-order valence-electron chi connectivity index (χ4n) is 8.27. The molecule has 1 aliphatic heterocycles. The number of ether oxygens (including phenoxy) is 1. The number of rotatable bonds is 5. The number of benzene rings is 2. The standard InChI is InChI=1S/C22H24N2O8.C16H16ClNO2S/c1-21(31)8-5-4-6-11(25)12(8)16(26)13-9(21)7-10-15(24(2)3)17(27)14(20(23)30)19(29)22(10,32)18(13)28;1-20-16(19)15(12-4-2-3-5-13(12)17)18-8-6-14-11(10-18)7-9-21-14/h4-6,9-10,15,25-26,29,31-32H,7H2,1-3H3,(H2,23,30);2-5,7,9,15H,6,8,10H2,1H3/t9-,10-,15-,21+,22-;15-/m00/s1. The van der Waals surface area contributed by atoms with Crippen molar-refractivity contribution in [2.24, 2.45) is 17.6 Å². The predicted molar refractivity (Wildman–Crippen MR) is 195 cm³/mol. The van der Waals surface area contributed by atoms with Crippen molar-refractivity contribution in [2.75, 3.05) is 27.7 Å². The number of likely N-dealkylation sites (N-methyl/N-ethyl adjacent to an activating group) is 1. The van der Waals surface area contributed by atoms with Crippen LogP contribution >= 0.6 is 22.9 Å². The summed E-state index contributed by atoms with van der Waals surface area (Å²) in [6.07, 6.45) is 0.763. The van der Waals surface area contributed by atoms with Crippen LogP contribution in [0, 0.1) is 11.8 Å². The van der Waals surface area contributed by atoms with Gasteiger partial charge in [0.1, 0.15) is 28.9 Å². The Kier molecular flexibility index (Phi) is 10.1. The maximum Gasteiger partial charge on any atom is 0.327 e. The summed E-state index contributed by atoms with van der Waals surface area (Å²) in [5.41, 5.74) is 1.56. The molecule has 7 rings (SSSR count). The molecule has 0 radical (unpaired) electrons. The van der Waals surface area contributed by atoms with E-state index in [1.165, 1.54) is 61.7 Å². The van der Waals surface area contributed by atoms with E-state index in [1.807, 2.05) is 24.3 Å². The van der Waals surface area contributed by atoms with E-state index >= 15 is 0 Å². The van der Waals surface area contributed by atoms with Crippen LogP contribution in [0.3, 0.4) is 0 Å². The number of ketones is 2. The van der Waals surface area contributed by atoms with Crippen LogP contribution in [0.25, 0.3) is 5.76 Å². The zero-order chi connectivity index (χ0) is 38.7. The smallest absolute Gasteiger partial charge is 0.327 e. The summed E-state index contributed by atoms with van der Waals surface area (Å²) in [5.74, 6) is -8.16. The highest BCUT2D eigenvalue weighted by Crippen LogP contribution is 2.57. The Balaban J connectivity index is 0.000000198. The van der Waals surface area contributed by atoms with Crippen molar-refractivity contribution < 1.29 is 49.4 Å². The molecule has 0 spiro atoms. The molecule has 4 aliphatic rings. The second-order valence-electron chi connectivity index (χ2n) is 14.0. The zero-order valence-corrected chi connectivity index (χ0v) is 30.9. The predicted octanol–water partition coefficient (Wildman–Crippen LogP) is 3.30. The Morgan fingerprint density at radius 1 is 1.08 bits per heavy atom. The monoisotopic (exact) mass is 765 g/mol. The first-order chi connectivity index (χ1) is 25.0. The molecule has 0 unspecified atom stereocenters. The lowest BCUT2D eigenvalue weighted by molar-refractivity contribution is -0.159. The highest BCUT2D eigenvalue weighted by molar-refractivity contribution is 7.10. The Hall–Kier alpha value is -4.57. The summed E-state index contributed by atoms with van der Waals surface area (Å²) >= 11 is 8.07. The maximum absolute atomic E-state index is 13.7. The van der Waals surface area contributed by atoms with Gasteiger partial charge in [-0.1, -0.05) is 41.9 Å². The number of carbonyl (C=O) groups excluding carboxylic acids is 4. The molecular weight excluding hydrogens is 726 g/mol. The number of methoxy groups -OCH3 is 1. The first-order valence-corrected chi connectivity index (χ1v) is 18.0. The number of nitrogens with zero attached hydrogens (tertiary/aromatic N) is 2. The number of hydrogen-bond acceptors (Lipinski definition) is 13. The first kappa shape index (κ1) is 38.2. The molecule has 0 saturated heterocycles. The number of esters is 1. The van der Waals surface area contributed by atoms with Gasteiger partial charge in [0.2, 0.25) is 5.78 Å². The van der Waals surface area contributed by atoms with Gasteiger partial charge in [-0.2, -0.15) is 0 Å². The number of carbonyl (C=O) groups is 4. The van der Waals surface area contributed by atoms with Crippen LogP contribution in [0.2, 0.25) is 5.02 Å². The number of aliphatic hydroxyl groups excluding tert-OH is 2. The number of phenols is 1. The lowest BCUT2D eigenvalue weighted by Crippen LogP contribution is -2.67. The summed E-state index contributed by atoms with van der Waals surface area (Å²) in [6, 6.07) is 12.2. The van der Waals surface area contributed by atoms with E-state index in [4.69, 9.17) is 22.1 Å². The Labute approximate surface area is 314 Å². The van der Waals surface area contributed by atoms with Gasteiger partial charge in [-0.25, -0.2) is 4.79 Å². The molecule has 1 fully saturated rings. The highest BCUT2D eigenvalue weighted by atomic mass is 35.5. The number of aliphatic hydroxyl groups is 4. The van der Waals surface area contributed by atoms with Gasteiger partial charge in [0.15, 0.2) is 11.4 Å². The summed E-state index contributed by atoms with van der Waals surface area (Å²) in [6.45, 7) is 2.99. The van der Waals surface area contributed by atoms with Gasteiger partial charge in [-0.15, -0.1) is 11.3 Å². The minimum Gasteiger partial charge on any atom is -0.508 e. The SMILES string of the molecule is CN(C)[C@@H]1C(=O)C(C(N)=O)=C(O)[C@@]2(O)C(=O)C3=C(O)c4c(O)cccc4[C@@](C)(O)[C@H]3C[C@@H]12.COC(=O)[C@H](c1ccccc1Cl)N1CCc2sccc2C1. The van der Waals surface area contributed by atoms with E-state index in [0.29, 0.717) is 5.02 Å². The van der Waals surface area contributed by atoms with E-state index in [2.05, 4.69) is 16.3 Å². The molecule has 3 aliphatic carbocycles. The number of phenolic OH excluding ortho intramolecular Hbond substituents is 1. The average molecular weight is 766 g/mol. The second-order valence-corrected chi connectivity index (χ2v) is 15.4. The quantitative estimate of drug-likeness (QED) is 0.163. The lowest BCUT2D eigenvalue weighted by Gasteiger charge is -2.53. The van der Waals surface area contributed by atoms with Crippen LogP contribution in [0.1, 0.15) is 46.5 Å². The largest absolute Gasteiger partial charge is 0.508 e. The fraction of sp³-hybridized carbons (Fsp3) is 0.368. The topological polar surface area (TPSA) is 211 Å². The molecule has 2 heterocycles. The van der Waals surface area contributed by atoms with E-state index in [9.17, 15) is 44.7 Å². The highest BCUT2D eigenvalue weighted by Gasteiger charge is 2.66. The van der Waals surface area contributed by atoms with E-state index in [0.717, 1.165) is 25.1 Å². The fourth-order valence-corrected chi connectivity index (χ4v) is 9.40. The first-order valence-electron chi connectivity index (χ1n) is 16.8. The van der Waals surface area contributed by atoms with Gasteiger partial charge in [-0.3, -0.25) is 24.2 Å². The second kappa shape index (κ2) is 14.0. The van der Waals surface area contributed by atoms with Crippen molar-refractivity contribution in [3.8, 4) is 5.75 Å². The zero-order valence-electron chi connectivity index (χ0n) is 29.4. The Bertz CT molecular complexity index is 2090. The normalized spacial score (nSPS) is 27.2. The van der Waals surface area contributed by atoms with Crippen LogP contribution < -0.4 is 5.73 Å². The molecule has 1 amide bonds. The van der Waals surface area contributed by atoms with Crippen molar-refractivity contribution in [3.05, 3.63) is 103 Å². The molecule has 0 bridgehead atoms. The number of fused-ring (bicyclic) bond motifs is 4. The third-order valence-corrected chi connectivity index (χ3v) is 12.2. The number of amides is 1. The summed E-state index contributed by atoms with van der Waals surface area (Å²) in [4.78, 5) is 55.8.